The first kappa shape index (κ1) is 13.7. The Balaban J connectivity index is 3.14. The molecule has 17 heavy (non-hydrogen) atoms. The Kier molecular flexibility index (Phi) is 4.28. The van der Waals surface area contributed by atoms with Crippen molar-refractivity contribution < 1.29 is 0 Å². The number of hydrogen-bond donors (Lipinski definition) is 2. The van der Waals surface area contributed by atoms with Gasteiger partial charge in [-0.05, 0) is 6.42 Å². The second-order valence-electron chi connectivity index (χ2n) is 5.25. The lowest BCUT2D eigenvalue weighted by Gasteiger charge is -2.22. The first-order chi connectivity index (χ1) is 7.88. The van der Waals surface area contributed by atoms with E-state index in [4.69, 9.17) is 5.84 Å². The minimum atomic E-state index is -0.0886. The van der Waals surface area contributed by atoms with E-state index in [1.54, 1.807) is 0 Å². The van der Waals surface area contributed by atoms with Gasteiger partial charge in [0.15, 0.2) is 0 Å². The average Bonchev–Trinajstić information content (AvgIpc) is 2.27. The third-order valence-corrected chi connectivity index (χ3v) is 2.48. The fourth-order valence-corrected chi connectivity index (χ4v) is 1.49. The summed E-state index contributed by atoms with van der Waals surface area (Å²) in [5.41, 5.74) is 2.51. The molecule has 3 N–H and O–H groups in total. The van der Waals surface area contributed by atoms with Crippen molar-refractivity contribution in [3.63, 3.8) is 0 Å². The van der Waals surface area contributed by atoms with Gasteiger partial charge in [-0.1, -0.05) is 27.7 Å². The smallest absolute Gasteiger partial charge is 0.145 e. The maximum Gasteiger partial charge on any atom is 0.145 e. The van der Waals surface area contributed by atoms with E-state index in [-0.39, 0.29) is 5.41 Å². The highest BCUT2D eigenvalue weighted by molar-refractivity contribution is 5.48. The summed E-state index contributed by atoms with van der Waals surface area (Å²) >= 11 is 0. The first-order valence-electron chi connectivity index (χ1n) is 5.95. The molecule has 0 aliphatic heterocycles. The lowest BCUT2D eigenvalue weighted by Crippen LogP contribution is -2.24. The molecule has 0 aliphatic carbocycles. The number of nitrogens with two attached hydrogens (primary N) is 1. The van der Waals surface area contributed by atoms with E-state index in [9.17, 15) is 0 Å². The number of nitrogen functional groups attached to an aromatic ring is 1. The lowest BCUT2D eigenvalue weighted by molar-refractivity contribution is 0.545. The van der Waals surface area contributed by atoms with E-state index >= 15 is 0 Å². The molecule has 0 fully saturated rings. The second-order valence-corrected chi connectivity index (χ2v) is 5.25. The van der Waals surface area contributed by atoms with E-state index < -0.39 is 0 Å². The van der Waals surface area contributed by atoms with Crippen molar-refractivity contribution in [1.82, 2.24) is 9.97 Å². The zero-order chi connectivity index (χ0) is 13.1. The molecule has 0 aromatic carbocycles. The Morgan fingerprint density at radius 3 is 2.47 bits per heavy atom. The van der Waals surface area contributed by atoms with Gasteiger partial charge >= 0.3 is 0 Å². The van der Waals surface area contributed by atoms with Crippen LogP contribution in [-0.2, 0) is 5.41 Å². The number of rotatable bonds is 4. The van der Waals surface area contributed by atoms with Crippen LogP contribution >= 0.6 is 0 Å². The third-order valence-electron chi connectivity index (χ3n) is 2.48. The number of nitrogens with one attached hydrogen (secondary N) is 1. The van der Waals surface area contributed by atoms with Crippen LogP contribution in [0.3, 0.4) is 0 Å². The van der Waals surface area contributed by atoms with Gasteiger partial charge in [-0.3, -0.25) is 0 Å². The van der Waals surface area contributed by atoms with Gasteiger partial charge in [0.1, 0.15) is 17.5 Å². The minimum absolute atomic E-state index is 0.0886. The van der Waals surface area contributed by atoms with Crippen LogP contribution in [0.2, 0.25) is 0 Å². The highest BCUT2D eigenvalue weighted by Crippen LogP contribution is 2.23. The highest BCUT2D eigenvalue weighted by Gasteiger charge is 2.19. The number of anilines is 2. The van der Waals surface area contributed by atoms with Crippen molar-refractivity contribution in [2.75, 3.05) is 23.9 Å². The summed E-state index contributed by atoms with van der Waals surface area (Å²) in [6.45, 7) is 9.37. The van der Waals surface area contributed by atoms with Gasteiger partial charge in [0.05, 0.1) is 0 Å². The van der Waals surface area contributed by atoms with Crippen LogP contribution < -0.4 is 16.2 Å². The van der Waals surface area contributed by atoms with E-state index in [1.165, 1.54) is 0 Å². The highest BCUT2D eigenvalue weighted by atomic mass is 15.3. The van der Waals surface area contributed by atoms with Gasteiger partial charge in [0, 0.05) is 25.1 Å². The SMILES string of the molecule is CCCN(C)c1cc(NN)nc(C(C)(C)C)n1. The summed E-state index contributed by atoms with van der Waals surface area (Å²) < 4.78 is 0. The molecule has 0 atom stereocenters. The Bertz CT molecular complexity index is 370. The van der Waals surface area contributed by atoms with Crippen molar-refractivity contribution in [1.29, 1.82) is 0 Å². The van der Waals surface area contributed by atoms with Crippen LogP contribution in [-0.4, -0.2) is 23.6 Å². The molecular weight excluding hydrogens is 214 g/mol. The van der Waals surface area contributed by atoms with Crippen LogP contribution in [0.15, 0.2) is 6.07 Å². The molecule has 1 aromatic heterocycles. The maximum absolute atomic E-state index is 5.45. The van der Waals surface area contributed by atoms with Crippen molar-refractivity contribution in [2.45, 2.75) is 39.5 Å². The summed E-state index contributed by atoms with van der Waals surface area (Å²) in [6, 6.07) is 1.87. The third kappa shape index (κ3) is 3.56. The molecule has 0 saturated carbocycles. The van der Waals surface area contributed by atoms with Crippen LogP contribution in [0, 0.1) is 0 Å². The van der Waals surface area contributed by atoms with Gasteiger partial charge in [-0.25, -0.2) is 15.8 Å². The standard InChI is InChI=1S/C12H23N5/c1-6-7-17(5)10-8-9(16-13)14-11(15-10)12(2,3)4/h8H,6-7,13H2,1-5H3,(H,14,15,16). The summed E-state index contributed by atoms with van der Waals surface area (Å²) in [5.74, 6) is 7.80. The lowest BCUT2D eigenvalue weighted by atomic mass is 9.96. The van der Waals surface area contributed by atoms with Gasteiger partial charge in [0.25, 0.3) is 0 Å². The molecule has 0 amide bonds. The minimum Gasteiger partial charge on any atom is -0.360 e. The summed E-state index contributed by atoms with van der Waals surface area (Å²) in [7, 11) is 2.03. The Hall–Kier alpha value is -1.36. The topological polar surface area (TPSA) is 67.1 Å². The molecule has 1 rings (SSSR count). The van der Waals surface area contributed by atoms with Gasteiger partial charge in [0.2, 0.25) is 0 Å². The molecule has 0 aliphatic rings. The summed E-state index contributed by atoms with van der Waals surface area (Å²) in [4.78, 5) is 11.1. The van der Waals surface area contributed by atoms with Crippen molar-refractivity contribution in [3.8, 4) is 0 Å². The van der Waals surface area contributed by atoms with Crippen LogP contribution in [0.5, 0.6) is 0 Å². The molecule has 0 unspecified atom stereocenters. The Labute approximate surface area is 103 Å². The van der Waals surface area contributed by atoms with Crippen molar-refractivity contribution >= 4 is 11.6 Å². The largest absolute Gasteiger partial charge is 0.360 e. The fourth-order valence-electron chi connectivity index (χ4n) is 1.49. The second kappa shape index (κ2) is 5.31. The van der Waals surface area contributed by atoms with Crippen molar-refractivity contribution in [3.05, 3.63) is 11.9 Å². The predicted octanol–water partition coefficient (Wildman–Crippen LogP) is 1.91. The number of nitrogens with zero attached hydrogens (tertiary/aromatic N) is 3. The summed E-state index contributed by atoms with van der Waals surface area (Å²) in [6.07, 6.45) is 1.08. The van der Waals surface area contributed by atoms with Gasteiger partial charge in [-0.15, -0.1) is 0 Å². The maximum atomic E-state index is 5.45. The van der Waals surface area contributed by atoms with E-state index in [0.717, 1.165) is 24.6 Å². The fraction of sp³-hybridized carbons (Fsp3) is 0.667. The number of hydrazine groups is 1. The molecule has 0 bridgehead atoms. The zero-order valence-corrected chi connectivity index (χ0v) is 11.4. The molecule has 0 spiro atoms. The van der Waals surface area contributed by atoms with Gasteiger partial charge in [-0.2, -0.15) is 0 Å². The van der Waals surface area contributed by atoms with Crippen molar-refractivity contribution in [2.24, 2.45) is 5.84 Å². The zero-order valence-electron chi connectivity index (χ0n) is 11.4. The molecule has 0 radical (unpaired) electrons. The van der Waals surface area contributed by atoms with Crippen LogP contribution in [0.1, 0.15) is 39.9 Å². The van der Waals surface area contributed by atoms with Crippen LogP contribution in [0.25, 0.3) is 0 Å². The average molecular weight is 237 g/mol. The summed E-state index contributed by atoms with van der Waals surface area (Å²) in [5, 5.41) is 0. The molecule has 5 nitrogen and oxygen atoms in total. The Morgan fingerprint density at radius 1 is 1.35 bits per heavy atom. The Morgan fingerprint density at radius 2 is 2.00 bits per heavy atom. The van der Waals surface area contributed by atoms with E-state index in [1.807, 2.05) is 13.1 Å². The van der Waals surface area contributed by atoms with Crippen LogP contribution in [0.4, 0.5) is 11.6 Å². The number of hydrogen-bond acceptors (Lipinski definition) is 5. The molecule has 96 valence electrons. The molecule has 1 heterocycles. The molecule has 1 aromatic rings. The molecular formula is C12H23N5. The predicted molar refractivity (Wildman–Crippen MR) is 72.1 cm³/mol. The quantitative estimate of drug-likeness (QED) is 0.618. The first-order valence-corrected chi connectivity index (χ1v) is 5.95. The van der Waals surface area contributed by atoms with E-state index in [2.05, 4.69) is 48.0 Å². The number of aromatic nitrogens is 2. The normalized spacial score (nSPS) is 11.4. The molecule has 0 saturated heterocycles. The van der Waals surface area contributed by atoms with E-state index in [0.29, 0.717) is 5.82 Å². The van der Waals surface area contributed by atoms with Gasteiger partial charge < -0.3 is 10.3 Å². The molecule has 5 heteroatoms. The monoisotopic (exact) mass is 237 g/mol.